The van der Waals surface area contributed by atoms with E-state index in [2.05, 4.69) is 54.5 Å². The van der Waals surface area contributed by atoms with Gasteiger partial charge in [-0.05, 0) is 37.5 Å². The SMILES string of the molecule is C#CCN=C(NCC)NC(C)c1ccc(OCC(C)C)cc1.I. The van der Waals surface area contributed by atoms with Gasteiger partial charge in [0, 0.05) is 6.54 Å². The number of guanidine groups is 1. The molecule has 0 radical (unpaired) electrons. The molecule has 1 rings (SSSR count). The third-order valence-electron chi connectivity index (χ3n) is 2.99. The number of halogens is 1. The Balaban J connectivity index is 0.00000484. The van der Waals surface area contributed by atoms with Gasteiger partial charge in [0.25, 0.3) is 0 Å². The van der Waals surface area contributed by atoms with Crippen molar-refractivity contribution in [1.82, 2.24) is 10.6 Å². The number of hydrogen-bond donors (Lipinski definition) is 2. The van der Waals surface area contributed by atoms with E-state index >= 15 is 0 Å². The van der Waals surface area contributed by atoms with Crippen molar-refractivity contribution in [1.29, 1.82) is 0 Å². The average Bonchev–Trinajstić information content (AvgIpc) is 2.51. The molecule has 0 spiro atoms. The van der Waals surface area contributed by atoms with Crippen LogP contribution in [0, 0.1) is 18.3 Å². The maximum Gasteiger partial charge on any atom is 0.192 e. The van der Waals surface area contributed by atoms with Gasteiger partial charge >= 0.3 is 0 Å². The number of aliphatic imine (C=N–C) groups is 1. The zero-order chi connectivity index (χ0) is 16.4. The Bertz CT molecular complexity index is 506. The molecule has 5 heteroatoms. The van der Waals surface area contributed by atoms with Gasteiger partial charge in [-0.2, -0.15) is 0 Å². The van der Waals surface area contributed by atoms with Crippen LogP contribution in [-0.4, -0.2) is 25.7 Å². The summed E-state index contributed by atoms with van der Waals surface area (Å²) >= 11 is 0. The van der Waals surface area contributed by atoms with E-state index in [1.807, 2.05) is 19.1 Å². The van der Waals surface area contributed by atoms with Crippen molar-refractivity contribution in [2.24, 2.45) is 10.9 Å². The lowest BCUT2D eigenvalue weighted by Crippen LogP contribution is -2.38. The normalized spacial score (nSPS) is 12.1. The highest BCUT2D eigenvalue weighted by molar-refractivity contribution is 14.0. The van der Waals surface area contributed by atoms with E-state index in [1.165, 1.54) is 5.56 Å². The first-order valence-electron chi connectivity index (χ1n) is 7.77. The zero-order valence-corrected chi connectivity index (χ0v) is 16.8. The van der Waals surface area contributed by atoms with Gasteiger partial charge in [-0.15, -0.1) is 30.4 Å². The lowest BCUT2D eigenvalue weighted by Gasteiger charge is -2.18. The molecule has 1 atom stereocenters. The Morgan fingerprint density at radius 2 is 1.91 bits per heavy atom. The van der Waals surface area contributed by atoms with Gasteiger partial charge in [0.15, 0.2) is 5.96 Å². The number of benzene rings is 1. The van der Waals surface area contributed by atoms with Crippen LogP contribution in [0.15, 0.2) is 29.3 Å². The van der Waals surface area contributed by atoms with Gasteiger partial charge in [0.1, 0.15) is 12.3 Å². The summed E-state index contributed by atoms with van der Waals surface area (Å²) in [6, 6.07) is 8.27. The largest absolute Gasteiger partial charge is 0.493 e. The molecule has 0 aliphatic heterocycles. The molecule has 1 aromatic carbocycles. The number of ether oxygens (including phenoxy) is 1. The van der Waals surface area contributed by atoms with Crippen molar-refractivity contribution in [3.05, 3.63) is 29.8 Å². The average molecular weight is 429 g/mol. The molecule has 4 nitrogen and oxygen atoms in total. The number of nitrogens with zero attached hydrogens (tertiary/aromatic N) is 1. The molecule has 0 bridgehead atoms. The molecule has 0 saturated carbocycles. The second-order valence-corrected chi connectivity index (χ2v) is 5.54. The van der Waals surface area contributed by atoms with E-state index in [0.717, 1.165) is 24.9 Å². The minimum absolute atomic E-state index is 0. The number of hydrogen-bond acceptors (Lipinski definition) is 2. The van der Waals surface area contributed by atoms with Crippen LogP contribution in [0.4, 0.5) is 0 Å². The summed E-state index contributed by atoms with van der Waals surface area (Å²) in [4.78, 5) is 4.30. The van der Waals surface area contributed by atoms with E-state index in [4.69, 9.17) is 11.2 Å². The number of nitrogens with one attached hydrogen (secondary N) is 2. The third-order valence-corrected chi connectivity index (χ3v) is 2.99. The molecule has 0 aromatic heterocycles. The maximum absolute atomic E-state index is 5.70. The summed E-state index contributed by atoms with van der Waals surface area (Å²) in [7, 11) is 0. The third kappa shape index (κ3) is 8.70. The highest BCUT2D eigenvalue weighted by Gasteiger charge is 2.08. The molecule has 0 saturated heterocycles. The Kier molecular flexibility index (Phi) is 11.3. The van der Waals surface area contributed by atoms with Gasteiger partial charge < -0.3 is 15.4 Å². The van der Waals surface area contributed by atoms with Crippen LogP contribution in [0.1, 0.15) is 39.3 Å². The molecule has 23 heavy (non-hydrogen) atoms. The maximum atomic E-state index is 5.70. The summed E-state index contributed by atoms with van der Waals surface area (Å²) in [5.41, 5.74) is 1.17. The lowest BCUT2D eigenvalue weighted by molar-refractivity contribution is 0.271. The molecule has 2 N–H and O–H groups in total. The fraction of sp³-hybridized carbons (Fsp3) is 0.500. The van der Waals surface area contributed by atoms with Gasteiger partial charge in [-0.3, -0.25) is 0 Å². The number of terminal acetylenes is 1. The molecular weight excluding hydrogens is 401 g/mol. The summed E-state index contributed by atoms with van der Waals surface area (Å²) in [5, 5.41) is 6.52. The van der Waals surface area contributed by atoms with Gasteiger partial charge in [0.2, 0.25) is 0 Å². The van der Waals surface area contributed by atoms with Crippen LogP contribution in [-0.2, 0) is 0 Å². The van der Waals surface area contributed by atoms with Crippen LogP contribution >= 0.6 is 24.0 Å². The van der Waals surface area contributed by atoms with Crippen LogP contribution in [0.25, 0.3) is 0 Å². The minimum Gasteiger partial charge on any atom is -0.493 e. The molecule has 128 valence electrons. The van der Waals surface area contributed by atoms with E-state index in [9.17, 15) is 0 Å². The second-order valence-electron chi connectivity index (χ2n) is 5.54. The van der Waals surface area contributed by atoms with E-state index < -0.39 is 0 Å². The van der Waals surface area contributed by atoms with E-state index in [0.29, 0.717) is 12.5 Å². The summed E-state index contributed by atoms with van der Waals surface area (Å²) < 4.78 is 5.70. The van der Waals surface area contributed by atoms with Gasteiger partial charge in [0.05, 0.1) is 12.6 Å². The summed E-state index contributed by atoms with van der Waals surface area (Å²) in [6.07, 6.45) is 5.25. The standard InChI is InChI=1S/C18H27N3O.HI/c1-6-12-20-18(19-7-2)21-15(5)16-8-10-17(11-9-16)22-13-14(3)4;/h1,8-11,14-15H,7,12-13H2,2-5H3,(H2,19,20,21);1H. The first kappa shape index (κ1) is 21.6. The van der Waals surface area contributed by atoms with E-state index in [-0.39, 0.29) is 30.0 Å². The topological polar surface area (TPSA) is 45.7 Å². The Hall–Kier alpha value is -1.42. The first-order chi connectivity index (χ1) is 10.6. The molecule has 0 amide bonds. The Morgan fingerprint density at radius 3 is 2.43 bits per heavy atom. The number of rotatable bonds is 7. The van der Waals surface area contributed by atoms with Crippen molar-refractivity contribution in [2.75, 3.05) is 19.7 Å². The van der Waals surface area contributed by atoms with E-state index in [1.54, 1.807) is 0 Å². The molecule has 0 fully saturated rings. The van der Waals surface area contributed by atoms with Crippen LogP contribution < -0.4 is 15.4 Å². The molecule has 1 unspecified atom stereocenters. The molecular formula is C18H28IN3O. The first-order valence-corrected chi connectivity index (χ1v) is 7.77. The quantitative estimate of drug-likeness (QED) is 0.302. The van der Waals surface area contributed by atoms with Crippen LogP contribution in [0.2, 0.25) is 0 Å². The molecule has 0 heterocycles. The Labute approximate surface area is 157 Å². The fourth-order valence-corrected chi connectivity index (χ4v) is 1.85. The summed E-state index contributed by atoms with van der Waals surface area (Å²) in [6.45, 7) is 10.3. The minimum atomic E-state index is 0. The van der Waals surface area contributed by atoms with Gasteiger partial charge in [-0.1, -0.05) is 31.9 Å². The van der Waals surface area contributed by atoms with Crippen molar-refractivity contribution < 1.29 is 4.74 Å². The summed E-state index contributed by atoms with van der Waals surface area (Å²) in [5.74, 6) is 4.67. The smallest absolute Gasteiger partial charge is 0.192 e. The van der Waals surface area contributed by atoms with Crippen molar-refractivity contribution >= 4 is 29.9 Å². The van der Waals surface area contributed by atoms with Crippen molar-refractivity contribution in [3.8, 4) is 18.1 Å². The zero-order valence-electron chi connectivity index (χ0n) is 14.4. The Morgan fingerprint density at radius 1 is 1.26 bits per heavy atom. The molecule has 0 aliphatic carbocycles. The second kappa shape index (κ2) is 12.1. The predicted molar refractivity (Wildman–Crippen MR) is 109 cm³/mol. The van der Waals surface area contributed by atoms with Crippen LogP contribution in [0.5, 0.6) is 5.75 Å². The fourth-order valence-electron chi connectivity index (χ4n) is 1.85. The highest BCUT2D eigenvalue weighted by Crippen LogP contribution is 2.18. The monoisotopic (exact) mass is 429 g/mol. The van der Waals surface area contributed by atoms with Crippen molar-refractivity contribution in [2.45, 2.75) is 33.7 Å². The molecule has 0 aliphatic rings. The van der Waals surface area contributed by atoms with Crippen LogP contribution in [0.3, 0.4) is 0 Å². The highest BCUT2D eigenvalue weighted by atomic mass is 127. The molecule has 1 aromatic rings. The lowest BCUT2D eigenvalue weighted by atomic mass is 10.1. The van der Waals surface area contributed by atoms with Crippen molar-refractivity contribution in [3.63, 3.8) is 0 Å². The predicted octanol–water partition coefficient (Wildman–Crippen LogP) is 3.59. The van der Waals surface area contributed by atoms with Gasteiger partial charge in [-0.25, -0.2) is 4.99 Å².